The molecule has 3 amide bonds. The first-order valence-corrected chi connectivity index (χ1v) is 11.9. The van der Waals surface area contributed by atoms with Crippen LogP contribution in [-0.2, 0) is 14.4 Å². The third kappa shape index (κ3) is 7.48. The van der Waals surface area contributed by atoms with Crippen LogP contribution in [0, 0.1) is 5.41 Å². The highest BCUT2D eigenvalue weighted by atomic mass is 19.3. The van der Waals surface area contributed by atoms with Crippen LogP contribution in [0.3, 0.4) is 0 Å². The van der Waals surface area contributed by atoms with Crippen LogP contribution in [0.15, 0.2) is 30.3 Å². The number of hydrogen-bond acceptors (Lipinski definition) is 4. The Kier molecular flexibility index (Phi) is 9.55. The number of rotatable bonds is 11. The summed E-state index contributed by atoms with van der Waals surface area (Å²) in [7, 11) is 0. The van der Waals surface area contributed by atoms with Crippen molar-refractivity contribution in [2.75, 3.05) is 6.54 Å². The molecule has 1 aromatic carbocycles. The van der Waals surface area contributed by atoms with E-state index in [2.05, 4.69) is 10.6 Å². The fourth-order valence-electron chi connectivity index (χ4n) is 3.83. The third-order valence-electron chi connectivity index (χ3n) is 6.19. The lowest BCUT2D eigenvalue weighted by atomic mass is 9.86. The minimum absolute atomic E-state index is 0.128. The maximum Gasteiger partial charge on any atom is 0.243 e. The first-order chi connectivity index (χ1) is 15.9. The van der Waals surface area contributed by atoms with Gasteiger partial charge in [0.05, 0.1) is 6.04 Å². The molecule has 7 nitrogen and oxygen atoms in total. The minimum atomic E-state index is -2.78. The number of hydrogen-bond donors (Lipinski definition) is 3. The van der Waals surface area contributed by atoms with Crippen molar-refractivity contribution >= 4 is 17.7 Å². The van der Waals surface area contributed by atoms with Gasteiger partial charge in [-0.05, 0) is 30.7 Å². The molecule has 2 rings (SSSR count). The first kappa shape index (κ1) is 27.7. The van der Waals surface area contributed by atoms with Gasteiger partial charge in [-0.2, -0.15) is 0 Å². The number of halogens is 2. The lowest BCUT2D eigenvalue weighted by Gasteiger charge is -2.35. The Bertz CT molecular complexity index is 844. The fourth-order valence-corrected chi connectivity index (χ4v) is 3.83. The average molecular weight is 481 g/mol. The van der Waals surface area contributed by atoms with Crippen molar-refractivity contribution < 1.29 is 23.2 Å². The van der Waals surface area contributed by atoms with E-state index in [-0.39, 0.29) is 18.5 Å². The Morgan fingerprint density at radius 1 is 1.15 bits per heavy atom. The first-order valence-electron chi connectivity index (χ1n) is 11.9. The maximum atomic E-state index is 13.2. The van der Waals surface area contributed by atoms with Crippen LogP contribution in [0.1, 0.15) is 65.4 Å². The minimum Gasteiger partial charge on any atom is -0.351 e. The number of carbonyl (C=O) groups excluding carboxylic acids is 3. The summed E-state index contributed by atoms with van der Waals surface area (Å²) < 4.78 is 26.4. The van der Waals surface area contributed by atoms with E-state index in [1.807, 2.05) is 58.0 Å². The fraction of sp³-hybridized carbons (Fsp3) is 0.640. The number of alkyl halides is 2. The van der Waals surface area contributed by atoms with Crippen molar-refractivity contribution in [1.82, 2.24) is 15.5 Å². The summed E-state index contributed by atoms with van der Waals surface area (Å²) in [5, 5.41) is 5.22. The molecular weight excluding hydrogens is 442 g/mol. The van der Waals surface area contributed by atoms with Crippen molar-refractivity contribution in [2.45, 2.75) is 90.4 Å². The summed E-state index contributed by atoms with van der Waals surface area (Å²) >= 11 is 0. The molecule has 0 spiro atoms. The van der Waals surface area contributed by atoms with Gasteiger partial charge in [-0.15, -0.1) is 0 Å². The Balaban J connectivity index is 2.06. The van der Waals surface area contributed by atoms with Gasteiger partial charge in [0.2, 0.25) is 24.1 Å². The highest BCUT2D eigenvalue weighted by Crippen LogP contribution is 2.40. The Morgan fingerprint density at radius 2 is 1.76 bits per heavy atom. The number of benzene rings is 1. The molecule has 190 valence electrons. The average Bonchev–Trinajstić information content (AvgIpc) is 3.54. The number of carbonyl (C=O) groups is 3. The van der Waals surface area contributed by atoms with Gasteiger partial charge in [0.25, 0.3) is 0 Å². The molecule has 1 aliphatic rings. The highest BCUT2D eigenvalue weighted by molar-refractivity contribution is 5.93. The van der Waals surface area contributed by atoms with E-state index in [4.69, 9.17) is 5.73 Å². The van der Waals surface area contributed by atoms with Gasteiger partial charge in [-0.3, -0.25) is 14.4 Å². The summed E-state index contributed by atoms with van der Waals surface area (Å²) in [5.41, 5.74) is 6.67. The van der Waals surface area contributed by atoms with Crippen LogP contribution in [0.25, 0.3) is 0 Å². The van der Waals surface area contributed by atoms with Gasteiger partial charge < -0.3 is 21.3 Å². The normalized spacial score (nSPS) is 20.3. The largest absolute Gasteiger partial charge is 0.351 e. The van der Waals surface area contributed by atoms with Gasteiger partial charge >= 0.3 is 0 Å². The monoisotopic (exact) mass is 480 g/mol. The Morgan fingerprint density at radius 3 is 2.29 bits per heavy atom. The van der Waals surface area contributed by atoms with Crippen molar-refractivity contribution in [2.24, 2.45) is 11.1 Å². The van der Waals surface area contributed by atoms with Gasteiger partial charge in [0, 0.05) is 24.9 Å². The molecule has 1 saturated carbocycles. The second-order valence-electron chi connectivity index (χ2n) is 10.1. The predicted octanol–water partition coefficient (Wildman–Crippen LogP) is 2.80. The standard InChI is InChI=1S/C25H38F2N4O3/c1-6-12-31(24(34)21(28)25(3,4)5)15(2)22(32)30-19(14-20(26)27)23(33)29-18-13-17(18)16-10-8-7-9-11-16/h7-11,15,17-21H,6,12-14,28H2,1-5H3,(H,29,33)(H,30,32)/t15-,17-,18-,19-,21+/m0/s1. The zero-order chi connectivity index (χ0) is 25.6. The second-order valence-corrected chi connectivity index (χ2v) is 10.1. The lowest BCUT2D eigenvalue weighted by Crippen LogP contribution is -2.58. The molecule has 1 aromatic rings. The van der Waals surface area contributed by atoms with E-state index in [9.17, 15) is 23.2 Å². The van der Waals surface area contributed by atoms with E-state index < -0.39 is 54.1 Å². The Hall–Kier alpha value is -2.55. The van der Waals surface area contributed by atoms with Crippen LogP contribution < -0.4 is 16.4 Å². The zero-order valence-corrected chi connectivity index (χ0v) is 20.7. The molecule has 0 bridgehead atoms. The molecule has 0 saturated heterocycles. The summed E-state index contributed by atoms with van der Waals surface area (Å²) in [6.45, 7) is 9.14. The van der Waals surface area contributed by atoms with E-state index in [1.165, 1.54) is 11.8 Å². The topological polar surface area (TPSA) is 105 Å². The maximum absolute atomic E-state index is 13.2. The molecule has 5 atom stereocenters. The van der Waals surface area contributed by atoms with Crippen LogP contribution in [0.4, 0.5) is 8.78 Å². The SMILES string of the molecule is CCCN(C(=O)[C@@H](N)C(C)(C)C)[C@@H](C)C(=O)N[C@@H](CC(F)F)C(=O)N[C@H]1C[C@H]1c1ccccc1. The van der Waals surface area contributed by atoms with E-state index >= 15 is 0 Å². The second kappa shape index (κ2) is 11.7. The third-order valence-corrected chi connectivity index (χ3v) is 6.19. The zero-order valence-electron chi connectivity index (χ0n) is 20.7. The molecule has 9 heteroatoms. The van der Waals surface area contributed by atoms with Gasteiger partial charge in [-0.25, -0.2) is 8.78 Å². The predicted molar refractivity (Wildman–Crippen MR) is 127 cm³/mol. The molecule has 0 heterocycles. The van der Waals surface area contributed by atoms with Crippen LogP contribution >= 0.6 is 0 Å². The number of nitrogens with one attached hydrogen (secondary N) is 2. The van der Waals surface area contributed by atoms with Gasteiger partial charge in [-0.1, -0.05) is 58.0 Å². The smallest absolute Gasteiger partial charge is 0.243 e. The van der Waals surface area contributed by atoms with E-state index in [1.54, 1.807) is 0 Å². The van der Waals surface area contributed by atoms with Crippen molar-refractivity contribution in [1.29, 1.82) is 0 Å². The lowest BCUT2D eigenvalue weighted by molar-refractivity contribution is -0.143. The summed E-state index contributed by atoms with van der Waals surface area (Å²) in [5.74, 6) is -1.58. The number of amides is 3. The molecule has 1 fully saturated rings. The van der Waals surface area contributed by atoms with Gasteiger partial charge in [0.15, 0.2) is 0 Å². The molecule has 4 N–H and O–H groups in total. The van der Waals surface area contributed by atoms with E-state index in [0.29, 0.717) is 12.8 Å². The van der Waals surface area contributed by atoms with Crippen molar-refractivity contribution in [3.63, 3.8) is 0 Å². The molecule has 0 aliphatic heterocycles. The quantitative estimate of drug-likeness (QED) is 0.453. The number of nitrogens with two attached hydrogens (primary N) is 1. The molecule has 0 unspecified atom stereocenters. The van der Waals surface area contributed by atoms with Gasteiger partial charge in [0.1, 0.15) is 12.1 Å². The molecular formula is C25H38F2N4O3. The van der Waals surface area contributed by atoms with Crippen molar-refractivity contribution in [3.05, 3.63) is 35.9 Å². The number of nitrogens with zero attached hydrogens (tertiary/aromatic N) is 1. The van der Waals surface area contributed by atoms with Crippen molar-refractivity contribution in [3.8, 4) is 0 Å². The van der Waals surface area contributed by atoms with E-state index in [0.717, 1.165) is 5.56 Å². The Labute approximate surface area is 200 Å². The van der Waals surface area contributed by atoms with Crippen LogP contribution in [0.5, 0.6) is 0 Å². The van der Waals surface area contributed by atoms with Crippen LogP contribution in [0.2, 0.25) is 0 Å². The summed E-state index contributed by atoms with van der Waals surface area (Å²) in [6, 6.07) is 6.26. The molecule has 1 aliphatic carbocycles. The summed E-state index contributed by atoms with van der Waals surface area (Å²) in [4.78, 5) is 40.0. The highest BCUT2D eigenvalue weighted by Gasteiger charge is 2.41. The molecule has 34 heavy (non-hydrogen) atoms. The van der Waals surface area contributed by atoms with Crippen LogP contribution in [-0.4, -0.2) is 59.8 Å². The molecule has 0 radical (unpaired) electrons. The summed E-state index contributed by atoms with van der Waals surface area (Å²) in [6.07, 6.45) is -2.29. The molecule has 0 aromatic heterocycles.